The lowest BCUT2D eigenvalue weighted by Crippen LogP contribution is -2.13. The summed E-state index contributed by atoms with van der Waals surface area (Å²) < 4.78 is 0.581. The average Bonchev–Trinajstić information content (AvgIpc) is 2.84. The van der Waals surface area contributed by atoms with Crippen molar-refractivity contribution in [3.8, 4) is 0 Å². The van der Waals surface area contributed by atoms with Crippen LogP contribution in [-0.4, -0.2) is 11.7 Å². The molecule has 0 fully saturated rings. The molecule has 3 nitrogen and oxygen atoms in total. The molecule has 0 aliphatic heterocycles. The monoisotopic (exact) mass is 293 g/mol. The second-order valence-electron chi connectivity index (χ2n) is 3.94. The fourth-order valence-electron chi connectivity index (χ4n) is 1.56. The number of hydrogen-bond donors (Lipinski definition) is 1. The first-order valence-corrected chi connectivity index (χ1v) is 6.98. The van der Waals surface area contributed by atoms with Crippen molar-refractivity contribution in [3.63, 3.8) is 0 Å². The van der Waals surface area contributed by atoms with Gasteiger partial charge >= 0.3 is 0 Å². The fourth-order valence-corrected chi connectivity index (χ4v) is 2.57. The molecular weight excluding hydrogens is 282 g/mol. The normalized spacial score (nSPS) is 10.2. The molecule has 5 heteroatoms. The van der Waals surface area contributed by atoms with Crippen LogP contribution in [0.4, 0.5) is 5.69 Å². The van der Waals surface area contributed by atoms with Gasteiger partial charge < -0.3 is 5.32 Å². The van der Waals surface area contributed by atoms with E-state index in [4.69, 9.17) is 11.6 Å². The van der Waals surface area contributed by atoms with Gasteiger partial charge in [0.1, 0.15) is 0 Å². The van der Waals surface area contributed by atoms with E-state index in [0.717, 1.165) is 5.69 Å². The molecule has 0 aliphatic rings. The Hall–Kier alpha value is -1.65. The van der Waals surface area contributed by atoms with Gasteiger partial charge in [0.15, 0.2) is 5.78 Å². The van der Waals surface area contributed by atoms with Crippen LogP contribution in [0.3, 0.4) is 0 Å². The lowest BCUT2D eigenvalue weighted by molar-refractivity contribution is -0.116. The van der Waals surface area contributed by atoms with Crippen molar-refractivity contribution in [2.24, 2.45) is 0 Å². The van der Waals surface area contributed by atoms with Gasteiger partial charge in [0.25, 0.3) is 0 Å². The lowest BCUT2D eigenvalue weighted by atomic mass is 10.2. The third-order valence-electron chi connectivity index (χ3n) is 2.48. The number of hydrogen-bond acceptors (Lipinski definition) is 3. The molecule has 2 aromatic rings. The summed E-state index contributed by atoms with van der Waals surface area (Å²) >= 11 is 7.00. The number of thiophene rings is 1. The molecule has 98 valence electrons. The number of anilines is 1. The SMILES string of the molecule is O=C(CCC(=O)c1ccc(Cl)s1)Nc1ccccc1. The molecule has 0 atom stereocenters. The Bertz CT molecular complexity index is 580. The van der Waals surface area contributed by atoms with E-state index in [1.54, 1.807) is 24.3 Å². The first-order chi connectivity index (χ1) is 9.15. The molecule has 0 saturated heterocycles. The van der Waals surface area contributed by atoms with Crippen LogP contribution in [0.15, 0.2) is 42.5 Å². The Balaban J connectivity index is 1.82. The molecule has 1 amide bonds. The molecule has 1 aromatic heterocycles. The number of carbonyl (C=O) groups excluding carboxylic acids is 2. The van der Waals surface area contributed by atoms with Crippen LogP contribution in [0.25, 0.3) is 0 Å². The Morgan fingerprint density at radius 3 is 2.42 bits per heavy atom. The Morgan fingerprint density at radius 2 is 1.79 bits per heavy atom. The molecule has 0 radical (unpaired) electrons. The maximum Gasteiger partial charge on any atom is 0.224 e. The van der Waals surface area contributed by atoms with Gasteiger partial charge in [-0.1, -0.05) is 29.8 Å². The molecule has 1 aromatic carbocycles. The number of rotatable bonds is 5. The second kappa shape index (κ2) is 6.50. The molecule has 0 aliphatic carbocycles. The molecule has 2 rings (SSSR count). The summed E-state index contributed by atoms with van der Waals surface area (Å²) in [6.45, 7) is 0. The highest BCUT2D eigenvalue weighted by atomic mass is 35.5. The fraction of sp³-hybridized carbons (Fsp3) is 0.143. The van der Waals surface area contributed by atoms with Gasteiger partial charge in [-0.15, -0.1) is 11.3 Å². The second-order valence-corrected chi connectivity index (χ2v) is 5.66. The molecule has 1 heterocycles. The van der Waals surface area contributed by atoms with Crippen molar-refractivity contribution in [2.75, 3.05) is 5.32 Å². The number of carbonyl (C=O) groups is 2. The van der Waals surface area contributed by atoms with E-state index in [1.807, 2.05) is 18.2 Å². The van der Waals surface area contributed by atoms with Gasteiger partial charge in [0.05, 0.1) is 9.21 Å². The van der Waals surface area contributed by atoms with Crippen LogP contribution in [0.5, 0.6) is 0 Å². The number of benzene rings is 1. The first kappa shape index (κ1) is 13.8. The molecule has 0 spiro atoms. The summed E-state index contributed by atoms with van der Waals surface area (Å²) in [5.74, 6) is -0.220. The van der Waals surface area contributed by atoms with Gasteiger partial charge in [-0.2, -0.15) is 0 Å². The molecule has 1 N–H and O–H groups in total. The number of para-hydroxylation sites is 1. The van der Waals surface area contributed by atoms with E-state index in [0.29, 0.717) is 9.21 Å². The molecular formula is C14H12ClNO2S. The predicted molar refractivity (Wildman–Crippen MR) is 78.0 cm³/mol. The van der Waals surface area contributed by atoms with Gasteiger partial charge in [-0.25, -0.2) is 0 Å². The van der Waals surface area contributed by atoms with Crippen molar-refractivity contribution in [1.82, 2.24) is 0 Å². The van der Waals surface area contributed by atoms with Gasteiger partial charge in [-0.05, 0) is 24.3 Å². The zero-order valence-corrected chi connectivity index (χ0v) is 11.6. The first-order valence-electron chi connectivity index (χ1n) is 5.78. The predicted octanol–water partition coefficient (Wildman–Crippen LogP) is 4.00. The number of Topliss-reactive ketones (excluding diaryl/α,β-unsaturated/α-hetero) is 1. The third-order valence-corrected chi connectivity index (χ3v) is 3.76. The van der Waals surface area contributed by atoms with E-state index in [2.05, 4.69) is 5.32 Å². The van der Waals surface area contributed by atoms with Gasteiger partial charge in [-0.3, -0.25) is 9.59 Å². The molecule has 0 bridgehead atoms. The van der Waals surface area contributed by atoms with Crippen LogP contribution in [-0.2, 0) is 4.79 Å². The van der Waals surface area contributed by atoms with Crippen molar-refractivity contribution >= 4 is 40.3 Å². The molecule has 19 heavy (non-hydrogen) atoms. The highest BCUT2D eigenvalue weighted by molar-refractivity contribution is 7.18. The summed E-state index contributed by atoms with van der Waals surface area (Å²) in [6.07, 6.45) is 0.360. The number of halogens is 1. The van der Waals surface area contributed by atoms with E-state index >= 15 is 0 Å². The number of nitrogens with one attached hydrogen (secondary N) is 1. The summed E-state index contributed by atoms with van der Waals surface area (Å²) in [4.78, 5) is 24.0. The van der Waals surface area contributed by atoms with Crippen molar-refractivity contribution in [3.05, 3.63) is 51.7 Å². The van der Waals surface area contributed by atoms with Crippen molar-refractivity contribution < 1.29 is 9.59 Å². The van der Waals surface area contributed by atoms with Crippen LogP contribution >= 0.6 is 22.9 Å². The maximum atomic E-state index is 11.8. The largest absolute Gasteiger partial charge is 0.326 e. The van der Waals surface area contributed by atoms with Crippen molar-refractivity contribution in [2.45, 2.75) is 12.8 Å². The van der Waals surface area contributed by atoms with E-state index in [9.17, 15) is 9.59 Å². The molecule has 0 saturated carbocycles. The van der Waals surface area contributed by atoms with Crippen LogP contribution < -0.4 is 5.32 Å². The summed E-state index contributed by atoms with van der Waals surface area (Å²) in [7, 11) is 0. The van der Waals surface area contributed by atoms with E-state index in [-0.39, 0.29) is 24.5 Å². The van der Waals surface area contributed by atoms with Crippen molar-refractivity contribution in [1.29, 1.82) is 0 Å². The van der Waals surface area contributed by atoms with Crippen LogP contribution in [0.1, 0.15) is 22.5 Å². The Kier molecular flexibility index (Phi) is 4.71. The highest BCUT2D eigenvalue weighted by Gasteiger charge is 2.11. The average molecular weight is 294 g/mol. The summed E-state index contributed by atoms with van der Waals surface area (Å²) in [5, 5.41) is 2.74. The van der Waals surface area contributed by atoms with Gasteiger partial charge in [0.2, 0.25) is 5.91 Å². The van der Waals surface area contributed by atoms with E-state index in [1.165, 1.54) is 11.3 Å². The number of ketones is 1. The zero-order chi connectivity index (χ0) is 13.7. The quantitative estimate of drug-likeness (QED) is 0.847. The van der Waals surface area contributed by atoms with Crippen LogP contribution in [0.2, 0.25) is 4.34 Å². The summed E-state index contributed by atoms with van der Waals surface area (Å²) in [6, 6.07) is 12.5. The van der Waals surface area contributed by atoms with E-state index < -0.39 is 0 Å². The minimum atomic E-state index is -0.165. The zero-order valence-electron chi connectivity index (χ0n) is 10.1. The van der Waals surface area contributed by atoms with Crippen LogP contribution in [0, 0.1) is 0 Å². The van der Waals surface area contributed by atoms with Gasteiger partial charge in [0, 0.05) is 18.5 Å². The highest BCUT2D eigenvalue weighted by Crippen LogP contribution is 2.23. The minimum absolute atomic E-state index is 0.0555. The summed E-state index contributed by atoms with van der Waals surface area (Å²) in [5.41, 5.74) is 0.735. The third kappa shape index (κ3) is 4.19. The Labute approximate surface area is 120 Å². The maximum absolute atomic E-state index is 11.8. The topological polar surface area (TPSA) is 46.2 Å². The number of amides is 1. The lowest BCUT2D eigenvalue weighted by Gasteiger charge is -2.03. The smallest absolute Gasteiger partial charge is 0.224 e. The minimum Gasteiger partial charge on any atom is -0.326 e. The standard InChI is InChI=1S/C14H12ClNO2S/c15-13-8-7-12(19-13)11(17)6-9-14(18)16-10-4-2-1-3-5-10/h1-5,7-8H,6,9H2,(H,16,18). The molecule has 0 unspecified atom stereocenters. The Morgan fingerprint density at radius 1 is 1.05 bits per heavy atom.